The Morgan fingerprint density at radius 2 is 1.69 bits per heavy atom. The summed E-state index contributed by atoms with van der Waals surface area (Å²) >= 11 is 0. The highest BCUT2D eigenvalue weighted by Gasteiger charge is 1.98. The molecule has 0 aliphatic rings. The van der Waals surface area contributed by atoms with Crippen molar-refractivity contribution in [1.29, 1.82) is 5.26 Å². The lowest BCUT2D eigenvalue weighted by atomic mass is 10.1. The Labute approximate surface area is 94.7 Å². The second-order valence-corrected chi connectivity index (χ2v) is 3.26. The van der Waals surface area contributed by atoms with Gasteiger partial charge in [-0.05, 0) is 29.8 Å². The van der Waals surface area contributed by atoms with Crippen LogP contribution in [0.1, 0.15) is 5.56 Å². The molecule has 77 valence electrons. The van der Waals surface area contributed by atoms with Gasteiger partial charge in [-0.25, -0.2) is 0 Å². The summed E-state index contributed by atoms with van der Waals surface area (Å²) in [7, 11) is 0. The van der Waals surface area contributed by atoms with E-state index in [2.05, 4.69) is 0 Å². The first-order valence-electron chi connectivity index (χ1n) is 4.94. The van der Waals surface area contributed by atoms with E-state index in [1.165, 1.54) is 6.42 Å². The van der Waals surface area contributed by atoms with Crippen molar-refractivity contribution in [3.8, 4) is 17.6 Å². The van der Waals surface area contributed by atoms with E-state index in [9.17, 15) is 0 Å². The van der Waals surface area contributed by atoms with Crippen LogP contribution in [-0.4, -0.2) is 0 Å². The average molecular weight is 208 g/mol. The summed E-state index contributed by atoms with van der Waals surface area (Å²) < 4.78 is 5.64. The topological polar surface area (TPSA) is 33.0 Å². The standard InChI is InChI=1S/C14H10NO/c15-10-9-12-5-4-8-14(11-12)16-13-6-2-1-3-7-13/h1-9,11H. The third-order valence-electron chi connectivity index (χ3n) is 2.07. The summed E-state index contributed by atoms with van der Waals surface area (Å²) in [6.07, 6.45) is 1.48. The summed E-state index contributed by atoms with van der Waals surface area (Å²) in [5.41, 5.74) is 0.843. The first-order valence-corrected chi connectivity index (χ1v) is 4.94. The number of para-hydroxylation sites is 1. The first kappa shape index (κ1) is 10.3. The minimum atomic E-state index is 0.732. The number of nitrogens with zero attached hydrogens (tertiary/aromatic N) is 1. The van der Waals surface area contributed by atoms with E-state index in [4.69, 9.17) is 10.00 Å². The van der Waals surface area contributed by atoms with Crippen molar-refractivity contribution in [1.82, 2.24) is 0 Å². The second kappa shape index (κ2) is 4.99. The molecule has 2 heteroatoms. The van der Waals surface area contributed by atoms with Gasteiger partial charge >= 0.3 is 0 Å². The van der Waals surface area contributed by atoms with Crippen LogP contribution in [0.3, 0.4) is 0 Å². The molecule has 0 unspecified atom stereocenters. The Morgan fingerprint density at radius 3 is 2.44 bits per heavy atom. The maximum absolute atomic E-state index is 8.55. The van der Waals surface area contributed by atoms with Crippen molar-refractivity contribution in [3.05, 3.63) is 66.6 Å². The largest absolute Gasteiger partial charge is 0.457 e. The van der Waals surface area contributed by atoms with Crippen LogP contribution in [0.2, 0.25) is 0 Å². The van der Waals surface area contributed by atoms with Crippen molar-refractivity contribution in [2.45, 2.75) is 0 Å². The maximum Gasteiger partial charge on any atom is 0.127 e. The molecule has 0 fully saturated rings. The van der Waals surface area contributed by atoms with E-state index in [1.54, 1.807) is 0 Å². The number of hydrogen-bond donors (Lipinski definition) is 0. The van der Waals surface area contributed by atoms with Gasteiger partial charge in [-0.2, -0.15) is 5.26 Å². The Morgan fingerprint density at radius 1 is 0.938 bits per heavy atom. The van der Waals surface area contributed by atoms with Gasteiger partial charge in [-0.15, -0.1) is 0 Å². The van der Waals surface area contributed by atoms with Crippen molar-refractivity contribution >= 4 is 0 Å². The minimum absolute atomic E-state index is 0.732. The molecule has 0 aliphatic carbocycles. The zero-order chi connectivity index (χ0) is 11.2. The molecule has 2 nitrogen and oxygen atoms in total. The molecule has 0 amide bonds. The molecule has 0 N–H and O–H groups in total. The Kier molecular flexibility index (Phi) is 3.20. The maximum atomic E-state index is 8.55. The third kappa shape index (κ3) is 2.61. The van der Waals surface area contributed by atoms with Gasteiger partial charge in [0.15, 0.2) is 0 Å². The number of hydrogen-bond acceptors (Lipinski definition) is 2. The molecule has 0 aromatic heterocycles. The molecular formula is C14H10NO. The Bertz CT molecular complexity index is 500. The molecule has 1 radical (unpaired) electrons. The lowest BCUT2D eigenvalue weighted by Crippen LogP contribution is -1.85. The van der Waals surface area contributed by atoms with Crippen LogP contribution in [0.4, 0.5) is 0 Å². The number of nitriles is 1. The number of ether oxygens (including phenoxy) is 1. The summed E-state index contributed by atoms with van der Waals surface area (Å²) in [5, 5.41) is 8.55. The number of rotatable bonds is 3. The van der Waals surface area contributed by atoms with Crippen molar-refractivity contribution in [3.63, 3.8) is 0 Å². The fraction of sp³-hybridized carbons (Fsp3) is 0. The smallest absolute Gasteiger partial charge is 0.127 e. The molecule has 0 spiro atoms. The molecule has 0 heterocycles. The number of benzene rings is 2. The third-order valence-corrected chi connectivity index (χ3v) is 2.07. The SMILES string of the molecule is N#C[CH]c1cccc(Oc2ccccc2)c1. The average Bonchev–Trinajstić information content (AvgIpc) is 2.31. The van der Waals surface area contributed by atoms with Crippen LogP contribution in [0.5, 0.6) is 11.5 Å². The second-order valence-electron chi connectivity index (χ2n) is 3.26. The van der Waals surface area contributed by atoms with Crippen LogP contribution in [0.15, 0.2) is 54.6 Å². The fourth-order valence-electron chi connectivity index (χ4n) is 1.37. The molecular weight excluding hydrogens is 198 g/mol. The normalized spacial score (nSPS) is 9.44. The molecule has 2 aromatic carbocycles. The highest BCUT2D eigenvalue weighted by molar-refractivity contribution is 5.38. The van der Waals surface area contributed by atoms with Gasteiger partial charge in [0.1, 0.15) is 11.5 Å². The van der Waals surface area contributed by atoms with E-state index in [-0.39, 0.29) is 0 Å². The van der Waals surface area contributed by atoms with Gasteiger partial charge in [-0.1, -0.05) is 30.3 Å². The van der Waals surface area contributed by atoms with Gasteiger partial charge in [0.2, 0.25) is 0 Å². The zero-order valence-electron chi connectivity index (χ0n) is 8.63. The molecule has 0 bridgehead atoms. The first-order chi connectivity index (χ1) is 7.88. The van der Waals surface area contributed by atoms with Crippen LogP contribution in [0.25, 0.3) is 0 Å². The molecule has 0 atom stereocenters. The van der Waals surface area contributed by atoms with Crippen LogP contribution >= 0.6 is 0 Å². The van der Waals surface area contributed by atoms with E-state index < -0.39 is 0 Å². The quantitative estimate of drug-likeness (QED) is 0.772. The summed E-state index contributed by atoms with van der Waals surface area (Å²) in [5.74, 6) is 1.52. The predicted molar refractivity (Wildman–Crippen MR) is 62.0 cm³/mol. The van der Waals surface area contributed by atoms with Gasteiger partial charge in [0, 0.05) is 0 Å². The molecule has 0 saturated heterocycles. The van der Waals surface area contributed by atoms with E-state index in [1.807, 2.05) is 60.7 Å². The van der Waals surface area contributed by atoms with Crippen LogP contribution < -0.4 is 4.74 Å². The lowest BCUT2D eigenvalue weighted by molar-refractivity contribution is 0.482. The van der Waals surface area contributed by atoms with Crippen LogP contribution in [-0.2, 0) is 0 Å². The molecule has 0 aliphatic heterocycles. The Balaban J connectivity index is 2.16. The highest BCUT2D eigenvalue weighted by atomic mass is 16.5. The highest BCUT2D eigenvalue weighted by Crippen LogP contribution is 2.22. The monoisotopic (exact) mass is 208 g/mol. The zero-order valence-corrected chi connectivity index (χ0v) is 8.63. The van der Waals surface area contributed by atoms with Crippen molar-refractivity contribution in [2.24, 2.45) is 0 Å². The molecule has 2 aromatic rings. The van der Waals surface area contributed by atoms with Crippen molar-refractivity contribution < 1.29 is 4.74 Å². The molecule has 2 rings (SSSR count). The Hall–Kier alpha value is -2.27. The summed E-state index contributed by atoms with van der Waals surface area (Å²) in [6, 6.07) is 19.0. The minimum Gasteiger partial charge on any atom is -0.457 e. The predicted octanol–water partition coefficient (Wildman–Crippen LogP) is 3.55. The van der Waals surface area contributed by atoms with Gasteiger partial charge in [-0.3, -0.25) is 0 Å². The molecule has 16 heavy (non-hydrogen) atoms. The van der Waals surface area contributed by atoms with E-state index in [0.29, 0.717) is 0 Å². The lowest BCUT2D eigenvalue weighted by Gasteiger charge is -2.05. The van der Waals surface area contributed by atoms with Crippen molar-refractivity contribution in [2.75, 3.05) is 0 Å². The van der Waals surface area contributed by atoms with E-state index in [0.717, 1.165) is 17.1 Å². The fourth-order valence-corrected chi connectivity index (χ4v) is 1.37. The van der Waals surface area contributed by atoms with E-state index >= 15 is 0 Å². The van der Waals surface area contributed by atoms with Gasteiger partial charge in [0.05, 0.1) is 12.5 Å². The molecule has 0 saturated carbocycles. The van der Waals surface area contributed by atoms with Gasteiger partial charge < -0.3 is 4.74 Å². The summed E-state index contributed by atoms with van der Waals surface area (Å²) in [4.78, 5) is 0. The summed E-state index contributed by atoms with van der Waals surface area (Å²) in [6.45, 7) is 0. The van der Waals surface area contributed by atoms with Gasteiger partial charge in [0.25, 0.3) is 0 Å². The van der Waals surface area contributed by atoms with Crippen LogP contribution in [0, 0.1) is 17.8 Å².